The molecule has 1 heterocycles. The number of H-pyrrole nitrogens is 1. The summed E-state index contributed by atoms with van der Waals surface area (Å²) in [5.41, 5.74) is 11.8. The second-order valence-electron chi connectivity index (χ2n) is 2.04. The highest BCUT2D eigenvalue weighted by Gasteiger charge is 2.01. The van der Waals surface area contributed by atoms with E-state index in [9.17, 15) is 0 Å². The monoisotopic (exact) mass is 150 g/mol. The number of hydrogen-bond donors (Lipinski definition) is 3. The summed E-state index contributed by atoms with van der Waals surface area (Å²) >= 11 is 0. The van der Waals surface area contributed by atoms with E-state index in [2.05, 4.69) is 16.6 Å². The van der Waals surface area contributed by atoms with Gasteiger partial charge in [-0.05, 0) is 6.07 Å². The fourth-order valence-corrected chi connectivity index (χ4v) is 0.801. The van der Waals surface area contributed by atoms with Crippen molar-refractivity contribution in [3.63, 3.8) is 0 Å². The molecule has 1 aromatic rings. The summed E-state index contributed by atoms with van der Waals surface area (Å²) in [5.74, 6) is 0.639. The van der Waals surface area contributed by atoms with Crippen molar-refractivity contribution in [3.05, 3.63) is 24.4 Å². The van der Waals surface area contributed by atoms with Crippen molar-refractivity contribution in [2.45, 2.75) is 0 Å². The van der Waals surface area contributed by atoms with Crippen LogP contribution in [-0.2, 0) is 0 Å². The predicted molar refractivity (Wildman–Crippen MR) is 46.4 cm³/mol. The summed E-state index contributed by atoms with van der Waals surface area (Å²) in [6.45, 7) is 3.58. The third-order valence-corrected chi connectivity index (χ3v) is 1.27. The van der Waals surface area contributed by atoms with Crippen molar-refractivity contribution in [2.75, 3.05) is 0 Å². The van der Waals surface area contributed by atoms with Gasteiger partial charge in [0.2, 0.25) is 0 Å². The highest BCUT2D eigenvalue weighted by molar-refractivity contribution is 5.72. The van der Waals surface area contributed by atoms with Crippen LogP contribution >= 0.6 is 0 Å². The quantitative estimate of drug-likeness (QED) is 0.425. The Kier molecular flexibility index (Phi) is 1.96. The Morgan fingerprint density at radius 2 is 2.45 bits per heavy atom. The van der Waals surface area contributed by atoms with Crippen LogP contribution in [0.1, 0.15) is 5.56 Å². The standard InChI is InChI=1S/C7H10N4/c1-5(9)6-2-3-10-7(6)11-4-8/h2-4,10H,1,9H2,(H2,8,11). The molecule has 11 heavy (non-hydrogen) atoms. The Labute approximate surface area is 64.6 Å². The molecular formula is C7H10N4. The minimum Gasteiger partial charge on any atom is -0.399 e. The summed E-state index contributed by atoms with van der Waals surface area (Å²) in [4.78, 5) is 6.71. The molecule has 5 N–H and O–H groups in total. The van der Waals surface area contributed by atoms with Gasteiger partial charge >= 0.3 is 0 Å². The first-order valence-corrected chi connectivity index (χ1v) is 3.12. The summed E-state index contributed by atoms with van der Waals surface area (Å²) < 4.78 is 0. The minimum absolute atomic E-state index is 0.479. The second kappa shape index (κ2) is 2.92. The van der Waals surface area contributed by atoms with Crippen molar-refractivity contribution in [2.24, 2.45) is 16.5 Å². The van der Waals surface area contributed by atoms with Crippen molar-refractivity contribution in [1.82, 2.24) is 4.98 Å². The largest absolute Gasteiger partial charge is 0.399 e. The average Bonchev–Trinajstić information content (AvgIpc) is 2.36. The predicted octanol–water partition coefficient (Wildman–Crippen LogP) is 0.563. The average molecular weight is 150 g/mol. The van der Waals surface area contributed by atoms with Gasteiger partial charge in [0.05, 0.1) is 6.34 Å². The fraction of sp³-hybridized carbons (Fsp3) is 0. The molecule has 58 valence electrons. The van der Waals surface area contributed by atoms with Crippen LogP contribution in [0.25, 0.3) is 5.70 Å². The van der Waals surface area contributed by atoms with E-state index in [1.54, 1.807) is 12.3 Å². The third-order valence-electron chi connectivity index (χ3n) is 1.27. The molecule has 0 radical (unpaired) electrons. The highest BCUT2D eigenvalue weighted by Crippen LogP contribution is 2.19. The Morgan fingerprint density at radius 3 is 3.00 bits per heavy atom. The number of aliphatic imine (C=N–C) groups is 1. The Balaban J connectivity index is 3.05. The van der Waals surface area contributed by atoms with Crippen LogP contribution in [0.3, 0.4) is 0 Å². The van der Waals surface area contributed by atoms with E-state index >= 15 is 0 Å². The van der Waals surface area contributed by atoms with Gasteiger partial charge in [0.15, 0.2) is 0 Å². The summed E-state index contributed by atoms with van der Waals surface area (Å²) in [6.07, 6.45) is 2.94. The smallest absolute Gasteiger partial charge is 0.141 e. The number of nitrogens with two attached hydrogens (primary N) is 2. The number of aromatic amines is 1. The molecule has 0 atom stereocenters. The Morgan fingerprint density at radius 1 is 1.73 bits per heavy atom. The van der Waals surface area contributed by atoms with Crippen LogP contribution in [0.4, 0.5) is 5.82 Å². The van der Waals surface area contributed by atoms with E-state index in [0.29, 0.717) is 11.5 Å². The first kappa shape index (κ1) is 7.40. The van der Waals surface area contributed by atoms with Gasteiger partial charge in [-0.3, -0.25) is 0 Å². The maximum atomic E-state index is 5.46. The topological polar surface area (TPSA) is 80.2 Å². The number of nitrogens with one attached hydrogen (secondary N) is 1. The second-order valence-corrected chi connectivity index (χ2v) is 2.04. The van der Waals surface area contributed by atoms with Crippen LogP contribution in [0.15, 0.2) is 23.8 Å². The van der Waals surface area contributed by atoms with Gasteiger partial charge in [0.1, 0.15) is 5.82 Å². The number of hydrogen-bond acceptors (Lipinski definition) is 2. The maximum Gasteiger partial charge on any atom is 0.141 e. The van der Waals surface area contributed by atoms with Crippen LogP contribution in [0.5, 0.6) is 0 Å². The molecule has 0 spiro atoms. The van der Waals surface area contributed by atoms with Crippen molar-refractivity contribution in [3.8, 4) is 0 Å². The van der Waals surface area contributed by atoms with Gasteiger partial charge in [-0.1, -0.05) is 6.58 Å². The molecule has 0 unspecified atom stereocenters. The molecular weight excluding hydrogens is 140 g/mol. The molecule has 4 nitrogen and oxygen atoms in total. The number of nitrogens with zero attached hydrogens (tertiary/aromatic N) is 1. The van der Waals surface area contributed by atoms with E-state index in [0.717, 1.165) is 5.56 Å². The molecule has 0 saturated heterocycles. The van der Waals surface area contributed by atoms with E-state index in [1.165, 1.54) is 6.34 Å². The first-order chi connectivity index (χ1) is 5.25. The van der Waals surface area contributed by atoms with Crippen LogP contribution in [0, 0.1) is 0 Å². The van der Waals surface area contributed by atoms with Gasteiger partial charge in [0.25, 0.3) is 0 Å². The lowest BCUT2D eigenvalue weighted by atomic mass is 10.2. The molecule has 0 bridgehead atoms. The van der Waals surface area contributed by atoms with E-state index in [4.69, 9.17) is 11.5 Å². The highest BCUT2D eigenvalue weighted by atomic mass is 14.9. The molecule has 4 heteroatoms. The molecule has 0 aliphatic rings. The van der Waals surface area contributed by atoms with Crippen LogP contribution in [-0.4, -0.2) is 11.3 Å². The van der Waals surface area contributed by atoms with Gasteiger partial charge in [-0.15, -0.1) is 0 Å². The zero-order valence-electron chi connectivity index (χ0n) is 6.04. The Hall–Kier alpha value is -1.71. The fourth-order valence-electron chi connectivity index (χ4n) is 0.801. The third kappa shape index (κ3) is 1.40. The van der Waals surface area contributed by atoms with Gasteiger partial charge < -0.3 is 16.5 Å². The summed E-state index contributed by atoms with van der Waals surface area (Å²) in [5, 5.41) is 0. The van der Waals surface area contributed by atoms with Crippen LogP contribution in [0.2, 0.25) is 0 Å². The van der Waals surface area contributed by atoms with E-state index < -0.39 is 0 Å². The molecule has 0 amide bonds. The zero-order chi connectivity index (χ0) is 8.27. The van der Waals surface area contributed by atoms with E-state index in [1.807, 2.05) is 0 Å². The molecule has 1 aromatic heterocycles. The molecule has 0 saturated carbocycles. The van der Waals surface area contributed by atoms with Crippen molar-refractivity contribution in [1.29, 1.82) is 0 Å². The minimum atomic E-state index is 0.479. The molecule has 1 rings (SSSR count). The number of aromatic nitrogens is 1. The van der Waals surface area contributed by atoms with Crippen LogP contribution < -0.4 is 11.5 Å². The lowest BCUT2D eigenvalue weighted by molar-refractivity contribution is 1.33. The SMILES string of the molecule is C=C(N)c1cc[nH]c1N=CN. The Bertz CT molecular complexity index is 284. The molecule has 0 aromatic carbocycles. The van der Waals surface area contributed by atoms with Gasteiger partial charge in [-0.25, -0.2) is 4.99 Å². The van der Waals surface area contributed by atoms with Gasteiger partial charge in [-0.2, -0.15) is 0 Å². The summed E-state index contributed by atoms with van der Waals surface area (Å²) in [6, 6.07) is 1.80. The zero-order valence-corrected chi connectivity index (χ0v) is 6.04. The number of rotatable bonds is 2. The maximum absolute atomic E-state index is 5.46. The molecule has 0 aliphatic carbocycles. The first-order valence-electron chi connectivity index (χ1n) is 3.12. The lowest BCUT2D eigenvalue weighted by Crippen LogP contribution is -1.93. The van der Waals surface area contributed by atoms with Crippen molar-refractivity contribution < 1.29 is 0 Å². The lowest BCUT2D eigenvalue weighted by Gasteiger charge is -1.95. The summed E-state index contributed by atoms with van der Waals surface area (Å²) in [7, 11) is 0. The van der Waals surface area contributed by atoms with E-state index in [-0.39, 0.29) is 0 Å². The molecule has 0 fully saturated rings. The van der Waals surface area contributed by atoms with Crippen molar-refractivity contribution >= 4 is 17.9 Å². The van der Waals surface area contributed by atoms with Gasteiger partial charge in [0, 0.05) is 17.5 Å². The normalized spacial score (nSPS) is 10.5. The molecule has 0 aliphatic heterocycles.